The number of para-hydroxylation sites is 2. The molecule has 0 aliphatic carbocycles. The van der Waals surface area contributed by atoms with Crippen LogP contribution in [0.2, 0.25) is 0 Å². The molecule has 0 atom stereocenters. The highest BCUT2D eigenvalue weighted by molar-refractivity contribution is 7.22. The van der Waals surface area contributed by atoms with Gasteiger partial charge < -0.3 is 0 Å². The Bertz CT molecular complexity index is 1370. The van der Waals surface area contributed by atoms with Crippen LogP contribution in [0.15, 0.2) is 73.2 Å². The number of hydrogen-bond donors (Lipinski definition) is 0. The molecule has 3 heterocycles. The van der Waals surface area contributed by atoms with E-state index in [1.807, 2.05) is 55.5 Å². The molecule has 30 heavy (non-hydrogen) atoms. The molecule has 0 N–H and O–H groups in total. The van der Waals surface area contributed by atoms with Crippen LogP contribution in [0.5, 0.6) is 0 Å². The Morgan fingerprint density at radius 3 is 2.67 bits per heavy atom. The van der Waals surface area contributed by atoms with Gasteiger partial charge in [-0.1, -0.05) is 35.6 Å². The second-order valence-corrected chi connectivity index (χ2v) is 7.97. The van der Waals surface area contributed by atoms with Gasteiger partial charge in [-0.25, -0.2) is 9.97 Å². The quantitative estimate of drug-likeness (QED) is 0.425. The maximum atomic E-state index is 13.5. The molecule has 5 aromatic rings. The van der Waals surface area contributed by atoms with E-state index >= 15 is 0 Å². The predicted octanol–water partition coefficient (Wildman–Crippen LogP) is 4.79. The molecule has 0 aliphatic heterocycles. The van der Waals surface area contributed by atoms with Gasteiger partial charge in [-0.05, 0) is 48.4 Å². The molecule has 6 nitrogen and oxygen atoms in total. The fraction of sp³-hybridized carbons (Fsp3) is 0.0870. The number of amides is 1. The summed E-state index contributed by atoms with van der Waals surface area (Å²) in [6.07, 6.45) is 4.99. The van der Waals surface area contributed by atoms with Gasteiger partial charge in [0.1, 0.15) is 5.69 Å². The minimum atomic E-state index is -0.243. The summed E-state index contributed by atoms with van der Waals surface area (Å²) >= 11 is 1.49. The number of carbonyl (C=O) groups excluding carboxylic acids is 1. The summed E-state index contributed by atoms with van der Waals surface area (Å²) in [6, 6.07) is 17.4. The lowest BCUT2D eigenvalue weighted by Crippen LogP contribution is -2.31. The van der Waals surface area contributed by atoms with E-state index < -0.39 is 0 Å². The lowest BCUT2D eigenvalue weighted by atomic mass is 10.2. The maximum absolute atomic E-state index is 13.5. The summed E-state index contributed by atoms with van der Waals surface area (Å²) in [6.45, 7) is 2.39. The van der Waals surface area contributed by atoms with Crippen molar-refractivity contribution in [3.8, 4) is 0 Å². The van der Waals surface area contributed by atoms with Crippen LogP contribution in [0.3, 0.4) is 0 Å². The second kappa shape index (κ2) is 7.61. The van der Waals surface area contributed by atoms with E-state index in [9.17, 15) is 4.79 Å². The van der Waals surface area contributed by atoms with E-state index in [1.165, 1.54) is 17.5 Å². The number of hydrogen-bond acceptors (Lipinski definition) is 6. The van der Waals surface area contributed by atoms with Crippen LogP contribution in [0.4, 0.5) is 5.13 Å². The van der Waals surface area contributed by atoms with Crippen molar-refractivity contribution in [1.29, 1.82) is 0 Å². The first-order chi connectivity index (χ1) is 14.7. The molecule has 0 fully saturated rings. The van der Waals surface area contributed by atoms with Gasteiger partial charge in [-0.3, -0.25) is 19.7 Å². The van der Waals surface area contributed by atoms with Gasteiger partial charge in [0.25, 0.3) is 5.91 Å². The summed E-state index contributed by atoms with van der Waals surface area (Å²) < 4.78 is 1.04. The number of rotatable bonds is 4. The van der Waals surface area contributed by atoms with Gasteiger partial charge in [-0.15, -0.1) is 0 Å². The zero-order valence-electron chi connectivity index (χ0n) is 16.2. The molecule has 0 saturated heterocycles. The van der Waals surface area contributed by atoms with E-state index in [0.29, 0.717) is 17.2 Å². The largest absolute Gasteiger partial charge is 0.280 e. The maximum Gasteiger partial charge on any atom is 0.280 e. The Morgan fingerprint density at radius 1 is 0.967 bits per heavy atom. The summed E-state index contributed by atoms with van der Waals surface area (Å²) in [5, 5.41) is 0.624. The lowest BCUT2D eigenvalue weighted by molar-refractivity contribution is 0.0980. The van der Waals surface area contributed by atoms with Crippen molar-refractivity contribution in [2.24, 2.45) is 0 Å². The number of nitrogens with zero attached hydrogens (tertiary/aromatic N) is 5. The van der Waals surface area contributed by atoms with Crippen molar-refractivity contribution in [2.75, 3.05) is 4.90 Å². The average Bonchev–Trinajstić information content (AvgIpc) is 3.20. The summed E-state index contributed by atoms with van der Waals surface area (Å²) in [5.41, 5.74) is 4.66. The number of aryl methyl sites for hydroxylation is 1. The lowest BCUT2D eigenvalue weighted by Gasteiger charge is -2.19. The Hall–Kier alpha value is -3.71. The Morgan fingerprint density at radius 2 is 1.83 bits per heavy atom. The number of benzene rings is 2. The summed E-state index contributed by atoms with van der Waals surface area (Å²) in [5.74, 6) is -0.243. The topological polar surface area (TPSA) is 71.9 Å². The number of anilines is 1. The van der Waals surface area contributed by atoms with Crippen LogP contribution in [0.1, 0.15) is 21.6 Å². The Labute approximate surface area is 176 Å². The SMILES string of the molecule is Cc1ccc2nc(N(Cc3cccnc3)C(=O)c3cnc4ccccc4n3)sc2c1. The molecule has 0 spiro atoms. The highest BCUT2D eigenvalue weighted by Gasteiger charge is 2.23. The van der Waals surface area contributed by atoms with E-state index in [1.54, 1.807) is 17.3 Å². The molecule has 0 aliphatic rings. The Kier molecular flexibility index (Phi) is 4.65. The van der Waals surface area contributed by atoms with Gasteiger partial charge in [0, 0.05) is 12.4 Å². The first kappa shape index (κ1) is 18.3. The second-order valence-electron chi connectivity index (χ2n) is 6.96. The van der Waals surface area contributed by atoms with Crippen molar-refractivity contribution in [3.05, 3.63) is 90.0 Å². The normalized spacial score (nSPS) is 11.1. The zero-order chi connectivity index (χ0) is 20.5. The summed E-state index contributed by atoms with van der Waals surface area (Å²) in [7, 11) is 0. The van der Waals surface area contributed by atoms with Crippen molar-refractivity contribution in [3.63, 3.8) is 0 Å². The third kappa shape index (κ3) is 3.51. The highest BCUT2D eigenvalue weighted by Crippen LogP contribution is 2.31. The van der Waals surface area contributed by atoms with Crippen LogP contribution in [-0.4, -0.2) is 25.8 Å². The molecular weight excluding hydrogens is 394 g/mol. The van der Waals surface area contributed by atoms with Crippen molar-refractivity contribution < 1.29 is 4.79 Å². The standard InChI is InChI=1S/C23H17N5OS/c1-15-8-9-19-21(11-15)30-23(27-19)28(14-16-5-4-10-24-12-16)22(29)20-13-25-17-6-2-3-7-18(17)26-20/h2-13H,14H2,1H3. The average molecular weight is 411 g/mol. The molecular formula is C23H17N5OS. The third-order valence-electron chi connectivity index (χ3n) is 4.74. The van der Waals surface area contributed by atoms with Crippen LogP contribution < -0.4 is 4.90 Å². The molecule has 0 saturated carbocycles. The fourth-order valence-corrected chi connectivity index (χ4v) is 4.30. The molecule has 7 heteroatoms. The van der Waals surface area contributed by atoms with Crippen LogP contribution >= 0.6 is 11.3 Å². The van der Waals surface area contributed by atoms with Crippen molar-refractivity contribution in [2.45, 2.75) is 13.5 Å². The monoisotopic (exact) mass is 411 g/mol. The molecule has 0 bridgehead atoms. The first-order valence-electron chi connectivity index (χ1n) is 9.47. The number of thiazole rings is 1. The first-order valence-corrected chi connectivity index (χ1v) is 10.3. The zero-order valence-corrected chi connectivity index (χ0v) is 17.0. The van der Waals surface area contributed by atoms with Crippen molar-refractivity contribution in [1.82, 2.24) is 19.9 Å². The fourth-order valence-electron chi connectivity index (χ4n) is 3.23. The number of pyridine rings is 1. The van der Waals surface area contributed by atoms with E-state index in [0.717, 1.165) is 26.9 Å². The van der Waals surface area contributed by atoms with Crippen molar-refractivity contribution >= 4 is 43.6 Å². The molecule has 5 rings (SSSR count). The molecule has 0 radical (unpaired) electrons. The predicted molar refractivity (Wildman–Crippen MR) is 119 cm³/mol. The smallest absolute Gasteiger partial charge is 0.278 e. The van der Waals surface area contributed by atoms with Gasteiger partial charge >= 0.3 is 0 Å². The minimum Gasteiger partial charge on any atom is -0.278 e. The highest BCUT2D eigenvalue weighted by atomic mass is 32.1. The van der Waals surface area contributed by atoms with Crippen LogP contribution in [-0.2, 0) is 6.54 Å². The Balaban J connectivity index is 1.59. The van der Waals surface area contributed by atoms with Gasteiger partial charge in [-0.2, -0.15) is 0 Å². The molecule has 3 aromatic heterocycles. The van der Waals surface area contributed by atoms with Gasteiger partial charge in [0.05, 0.1) is 34.0 Å². The number of fused-ring (bicyclic) bond motifs is 2. The third-order valence-corrected chi connectivity index (χ3v) is 5.78. The van der Waals surface area contributed by atoms with Gasteiger partial charge in [0.2, 0.25) is 0 Å². The molecule has 2 aromatic carbocycles. The molecule has 0 unspecified atom stereocenters. The van der Waals surface area contributed by atoms with E-state index in [-0.39, 0.29) is 11.6 Å². The van der Waals surface area contributed by atoms with Crippen LogP contribution in [0.25, 0.3) is 21.3 Å². The number of aromatic nitrogens is 4. The summed E-state index contributed by atoms with van der Waals surface area (Å²) in [4.78, 5) is 33.0. The van der Waals surface area contributed by atoms with E-state index in [2.05, 4.69) is 21.0 Å². The van der Waals surface area contributed by atoms with E-state index in [4.69, 9.17) is 4.98 Å². The molecule has 1 amide bonds. The molecule has 146 valence electrons. The number of carbonyl (C=O) groups is 1. The minimum absolute atomic E-state index is 0.243. The van der Waals surface area contributed by atoms with Gasteiger partial charge in [0.15, 0.2) is 5.13 Å². The van der Waals surface area contributed by atoms with Crippen LogP contribution in [0, 0.1) is 6.92 Å².